The van der Waals surface area contributed by atoms with Crippen molar-refractivity contribution in [1.29, 1.82) is 5.26 Å². The van der Waals surface area contributed by atoms with Gasteiger partial charge in [-0.2, -0.15) is 5.26 Å². The van der Waals surface area contributed by atoms with E-state index in [9.17, 15) is 4.79 Å². The lowest BCUT2D eigenvalue weighted by Gasteiger charge is -2.17. The van der Waals surface area contributed by atoms with Crippen LogP contribution in [0.4, 0.5) is 0 Å². The third-order valence-electron chi connectivity index (χ3n) is 3.46. The molecule has 1 aliphatic rings. The van der Waals surface area contributed by atoms with E-state index in [1.165, 1.54) is 0 Å². The maximum Gasteiger partial charge on any atom is 0.253 e. The Balaban J connectivity index is 1.72. The topological polar surface area (TPSA) is 62.6 Å². The first kappa shape index (κ1) is 14.0. The number of ether oxygens (including phenoxy) is 2. The monoisotopic (exact) mass is 294 g/mol. The molecule has 1 aliphatic heterocycles. The van der Waals surface area contributed by atoms with Gasteiger partial charge in [-0.25, -0.2) is 0 Å². The van der Waals surface area contributed by atoms with E-state index in [4.69, 9.17) is 14.7 Å². The number of carbonyl (C=O) groups is 1. The summed E-state index contributed by atoms with van der Waals surface area (Å²) in [6, 6.07) is 14.3. The van der Waals surface area contributed by atoms with Crippen molar-refractivity contribution in [3.8, 4) is 17.6 Å². The Morgan fingerprint density at radius 3 is 2.64 bits per heavy atom. The molecule has 0 saturated heterocycles. The Kier molecular flexibility index (Phi) is 3.67. The number of nitrogens with zero attached hydrogens (tertiary/aromatic N) is 2. The zero-order chi connectivity index (χ0) is 15.5. The number of nitriles is 1. The fourth-order valence-corrected chi connectivity index (χ4v) is 2.29. The maximum absolute atomic E-state index is 12.4. The molecule has 2 aromatic carbocycles. The summed E-state index contributed by atoms with van der Waals surface area (Å²) in [5, 5.41) is 8.78. The SMILES string of the molecule is CN(Cc1ccc2c(c1)OCO2)C(=O)c1ccc(C#N)cc1. The van der Waals surface area contributed by atoms with Crippen molar-refractivity contribution in [1.82, 2.24) is 4.90 Å². The molecule has 1 heterocycles. The van der Waals surface area contributed by atoms with E-state index >= 15 is 0 Å². The van der Waals surface area contributed by atoms with Crippen LogP contribution in [0.1, 0.15) is 21.5 Å². The molecule has 0 N–H and O–H groups in total. The smallest absolute Gasteiger partial charge is 0.253 e. The first-order chi connectivity index (χ1) is 10.7. The van der Waals surface area contributed by atoms with Crippen molar-refractivity contribution in [3.63, 3.8) is 0 Å². The molecule has 0 radical (unpaired) electrons. The number of benzene rings is 2. The highest BCUT2D eigenvalue weighted by molar-refractivity contribution is 5.94. The molecule has 1 amide bonds. The average Bonchev–Trinajstić information content (AvgIpc) is 3.02. The van der Waals surface area contributed by atoms with Crippen LogP contribution >= 0.6 is 0 Å². The van der Waals surface area contributed by atoms with E-state index in [0.29, 0.717) is 23.4 Å². The highest BCUT2D eigenvalue weighted by Crippen LogP contribution is 2.32. The van der Waals surface area contributed by atoms with Crippen molar-refractivity contribution < 1.29 is 14.3 Å². The summed E-state index contributed by atoms with van der Waals surface area (Å²) in [5.41, 5.74) is 2.06. The van der Waals surface area contributed by atoms with E-state index in [0.717, 1.165) is 11.3 Å². The van der Waals surface area contributed by atoms with Crippen LogP contribution in [0.3, 0.4) is 0 Å². The summed E-state index contributed by atoms with van der Waals surface area (Å²) in [7, 11) is 1.74. The van der Waals surface area contributed by atoms with Crippen LogP contribution < -0.4 is 9.47 Å². The fourth-order valence-electron chi connectivity index (χ4n) is 2.29. The van der Waals surface area contributed by atoms with Gasteiger partial charge in [-0.3, -0.25) is 4.79 Å². The third kappa shape index (κ3) is 2.72. The Bertz CT molecular complexity index is 747. The molecule has 0 saturated carbocycles. The molecule has 5 nitrogen and oxygen atoms in total. The molecular formula is C17H14N2O3. The Morgan fingerprint density at radius 1 is 1.18 bits per heavy atom. The van der Waals surface area contributed by atoms with Crippen LogP contribution in [0.15, 0.2) is 42.5 Å². The quantitative estimate of drug-likeness (QED) is 0.872. The van der Waals surface area contributed by atoms with Gasteiger partial charge in [0.2, 0.25) is 6.79 Å². The highest BCUT2D eigenvalue weighted by atomic mass is 16.7. The highest BCUT2D eigenvalue weighted by Gasteiger charge is 2.16. The average molecular weight is 294 g/mol. The van der Waals surface area contributed by atoms with Crippen molar-refractivity contribution in [2.45, 2.75) is 6.54 Å². The summed E-state index contributed by atoms with van der Waals surface area (Å²) >= 11 is 0. The zero-order valence-electron chi connectivity index (χ0n) is 12.1. The van der Waals surface area contributed by atoms with Crippen molar-refractivity contribution in [2.24, 2.45) is 0 Å². The van der Waals surface area contributed by atoms with Crippen LogP contribution in [0, 0.1) is 11.3 Å². The number of carbonyl (C=O) groups excluding carboxylic acids is 1. The van der Waals surface area contributed by atoms with Gasteiger partial charge < -0.3 is 14.4 Å². The van der Waals surface area contributed by atoms with Crippen molar-refractivity contribution >= 4 is 5.91 Å². The summed E-state index contributed by atoms with van der Waals surface area (Å²) in [6.45, 7) is 0.703. The molecule has 2 aromatic rings. The maximum atomic E-state index is 12.4. The number of fused-ring (bicyclic) bond motifs is 1. The molecule has 0 fully saturated rings. The van der Waals surface area contributed by atoms with Gasteiger partial charge in [0.25, 0.3) is 5.91 Å². The van der Waals surface area contributed by atoms with Gasteiger partial charge in [-0.15, -0.1) is 0 Å². The minimum absolute atomic E-state index is 0.0952. The van der Waals surface area contributed by atoms with E-state index in [2.05, 4.69) is 0 Å². The van der Waals surface area contributed by atoms with Gasteiger partial charge in [0.05, 0.1) is 11.6 Å². The van der Waals surface area contributed by atoms with Gasteiger partial charge in [0, 0.05) is 19.2 Å². The third-order valence-corrected chi connectivity index (χ3v) is 3.46. The number of amides is 1. The molecule has 0 spiro atoms. The number of hydrogen-bond acceptors (Lipinski definition) is 4. The lowest BCUT2D eigenvalue weighted by atomic mass is 10.1. The second-order valence-corrected chi connectivity index (χ2v) is 5.04. The van der Waals surface area contributed by atoms with Crippen molar-refractivity contribution in [2.75, 3.05) is 13.8 Å². The number of rotatable bonds is 3. The zero-order valence-corrected chi connectivity index (χ0v) is 12.1. The van der Waals surface area contributed by atoms with Crippen LogP contribution in [0.5, 0.6) is 11.5 Å². The largest absolute Gasteiger partial charge is 0.454 e. The van der Waals surface area contributed by atoms with Crippen LogP contribution in [-0.4, -0.2) is 24.6 Å². The van der Waals surface area contributed by atoms with Crippen LogP contribution in [0.25, 0.3) is 0 Å². The molecule has 5 heteroatoms. The molecule has 0 bridgehead atoms. The predicted octanol–water partition coefficient (Wildman–Crippen LogP) is 2.56. The molecule has 0 aromatic heterocycles. The number of hydrogen-bond donors (Lipinski definition) is 0. The molecule has 3 rings (SSSR count). The van der Waals surface area contributed by atoms with E-state index in [1.807, 2.05) is 24.3 Å². The second-order valence-electron chi connectivity index (χ2n) is 5.04. The van der Waals surface area contributed by atoms with Gasteiger partial charge in [-0.1, -0.05) is 6.07 Å². The lowest BCUT2D eigenvalue weighted by Crippen LogP contribution is -2.26. The van der Waals surface area contributed by atoms with Gasteiger partial charge in [0.1, 0.15) is 0 Å². The summed E-state index contributed by atoms with van der Waals surface area (Å²) in [4.78, 5) is 14.0. The molecule has 110 valence electrons. The predicted molar refractivity (Wildman–Crippen MR) is 79.5 cm³/mol. The van der Waals surface area contributed by atoms with Gasteiger partial charge in [-0.05, 0) is 42.0 Å². The molecular weight excluding hydrogens is 280 g/mol. The summed E-state index contributed by atoms with van der Waals surface area (Å²) in [6.07, 6.45) is 0. The van der Waals surface area contributed by atoms with E-state index in [-0.39, 0.29) is 12.7 Å². The van der Waals surface area contributed by atoms with Crippen molar-refractivity contribution in [3.05, 3.63) is 59.2 Å². The van der Waals surface area contributed by atoms with Gasteiger partial charge >= 0.3 is 0 Å². The standard InChI is InChI=1S/C17H14N2O3/c1-19(17(20)14-5-2-12(9-18)3-6-14)10-13-4-7-15-16(8-13)22-11-21-15/h2-8H,10-11H2,1H3. The molecule has 0 unspecified atom stereocenters. The minimum atomic E-state index is -0.0952. The fraction of sp³-hybridized carbons (Fsp3) is 0.176. The van der Waals surface area contributed by atoms with Gasteiger partial charge in [0.15, 0.2) is 11.5 Å². The Labute approximate surface area is 128 Å². The molecule has 0 atom stereocenters. The molecule has 22 heavy (non-hydrogen) atoms. The first-order valence-corrected chi connectivity index (χ1v) is 6.81. The second kappa shape index (κ2) is 5.78. The summed E-state index contributed by atoms with van der Waals surface area (Å²) < 4.78 is 10.6. The summed E-state index contributed by atoms with van der Waals surface area (Å²) in [5.74, 6) is 1.34. The lowest BCUT2D eigenvalue weighted by molar-refractivity contribution is 0.0785. The Morgan fingerprint density at radius 2 is 1.91 bits per heavy atom. The van der Waals surface area contributed by atoms with E-state index < -0.39 is 0 Å². The van der Waals surface area contributed by atoms with E-state index in [1.54, 1.807) is 36.2 Å². The first-order valence-electron chi connectivity index (χ1n) is 6.81. The minimum Gasteiger partial charge on any atom is -0.454 e. The normalized spacial score (nSPS) is 11.8. The van der Waals surface area contributed by atoms with Crippen LogP contribution in [-0.2, 0) is 6.54 Å². The molecule has 0 aliphatic carbocycles. The van der Waals surface area contributed by atoms with Crippen LogP contribution in [0.2, 0.25) is 0 Å². The Hall–Kier alpha value is -3.00.